The molecule has 4 rings (SSSR count). The zero-order valence-electron chi connectivity index (χ0n) is 15.6. The van der Waals surface area contributed by atoms with E-state index in [2.05, 4.69) is 25.6 Å². The first-order valence-electron chi connectivity index (χ1n) is 8.86. The Hall–Kier alpha value is -3.73. The lowest BCUT2D eigenvalue weighted by molar-refractivity contribution is -0.0435. The Balaban J connectivity index is 1.56. The largest absolute Gasteiger partial charge is 0.501 e. The number of sulfone groups is 1. The zero-order valence-corrected chi connectivity index (χ0v) is 16.4. The van der Waals surface area contributed by atoms with E-state index < -0.39 is 20.2 Å². The molecule has 0 saturated heterocycles. The number of nitrogens with one attached hydrogen (secondary N) is 2. The van der Waals surface area contributed by atoms with Crippen molar-refractivity contribution in [2.45, 2.75) is 10.4 Å². The fourth-order valence-corrected chi connectivity index (χ4v) is 3.59. The van der Waals surface area contributed by atoms with Gasteiger partial charge in [-0.05, 0) is 36.4 Å². The van der Waals surface area contributed by atoms with Crippen LogP contribution in [-0.2, 0) is 9.84 Å². The van der Waals surface area contributed by atoms with Crippen molar-refractivity contribution in [3.63, 3.8) is 0 Å². The maximum absolute atomic E-state index is 12.8. The molecule has 7 nitrogen and oxygen atoms in total. The van der Waals surface area contributed by atoms with Crippen LogP contribution in [0, 0.1) is 0 Å². The number of alkyl halides is 3. The summed E-state index contributed by atoms with van der Waals surface area (Å²) in [5.41, 5.74) is -3.77. The standard InChI is InChI=1S/C20H14F3N5O2S/c21-20(22,23)31(29,30)16-6-3-5-14(11-16)27-19-24-9-8-18(28-19)26-15-10-13-4-1-2-7-17(13)25-12-15/h1-12H,(H2,24,26,27,28). The molecule has 0 aliphatic carbocycles. The van der Waals surface area contributed by atoms with Crippen LogP contribution in [0.5, 0.6) is 0 Å². The molecule has 2 aromatic carbocycles. The molecule has 0 amide bonds. The Labute approximate surface area is 174 Å². The van der Waals surface area contributed by atoms with Crippen LogP contribution in [0.3, 0.4) is 0 Å². The van der Waals surface area contributed by atoms with Gasteiger partial charge in [-0.15, -0.1) is 0 Å². The van der Waals surface area contributed by atoms with Crippen LogP contribution in [0.1, 0.15) is 0 Å². The molecule has 0 unspecified atom stereocenters. The number of hydrogen-bond acceptors (Lipinski definition) is 7. The predicted molar refractivity (Wildman–Crippen MR) is 110 cm³/mol. The lowest BCUT2D eigenvalue weighted by atomic mass is 10.2. The summed E-state index contributed by atoms with van der Waals surface area (Å²) in [5, 5.41) is 6.73. The van der Waals surface area contributed by atoms with Gasteiger partial charge in [-0.3, -0.25) is 4.98 Å². The highest BCUT2D eigenvalue weighted by molar-refractivity contribution is 7.92. The van der Waals surface area contributed by atoms with Crippen molar-refractivity contribution >= 4 is 43.9 Å². The normalized spacial score (nSPS) is 12.0. The van der Waals surface area contributed by atoms with Crippen LogP contribution in [0.25, 0.3) is 10.9 Å². The van der Waals surface area contributed by atoms with Gasteiger partial charge in [-0.2, -0.15) is 18.2 Å². The van der Waals surface area contributed by atoms with E-state index in [4.69, 9.17) is 0 Å². The summed E-state index contributed by atoms with van der Waals surface area (Å²) in [6, 6.07) is 15.4. The number of para-hydroxylation sites is 1. The summed E-state index contributed by atoms with van der Waals surface area (Å²) in [6.07, 6.45) is 3.09. The van der Waals surface area contributed by atoms with Gasteiger partial charge in [0.2, 0.25) is 5.95 Å². The molecule has 0 saturated carbocycles. The van der Waals surface area contributed by atoms with Crippen molar-refractivity contribution in [2.75, 3.05) is 10.6 Å². The Morgan fingerprint density at radius 3 is 2.45 bits per heavy atom. The average molecular weight is 445 g/mol. The van der Waals surface area contributed by atoms with Crippen molar-refractivity contribution in [2.24, 2.45) is 0 Å². The van der Waals surface area contributed by atoms with Gasteiger partial charge >= 0.3 is 5.51 Å². The molecule has 0 bridgehead atoms. The lowest BCUT2D eigenvalue weighted by Gasteiger charge is -2.11. The molecular weight excluding hydrogens is 431 g/mol. The zero-order chi connectivity index (χ0) is 22.1. The summed E-state index contributed by atoms with van der Waals surface area (Å²) in [4.78, 5) is 11.7. The average Bonchev–Trinajstić information content (AvgIpc) is 2.73. The molecular formula is C20H14F3N5O2S. The van der Waals surface area contributed by atoms with Gasteiger partial charge in [-0.1, -0.05) is 24.3 Å². The number of halogens is 3. The molecule has 0 aliphatic rings. The highest BCUT2D eigenvalue weighted by Crippen LogP contribution is 2.31. The second-order valence-corrected chi connectivity index (χ2v) is 8.35. The molecule has 2 aromatic heterocycles. The molecule has 0 atom stereocenters. The maximum Gasteiger partial charge on any atom is 0.501 e. The first-order valence-corrected chi connectivity index (χ1v) is 10.3. The van der Waals surface area contributed by atoms with E-state index in [0.29, 0.717) is 11.5 Å². The molecule has 31 heavy (non-hydrogen) atoms. The van der Waals surface area contributed by atoms with E-state index in [1.165, 1.54) is 18.3 Å². The Morgan fingerprint density at radius 2 is 1.65 bits per heavy atom. The summed E-state index contributed by atoms with van der Waals surface area (Å²) >= 11 is 0. The van der Waals surface area contributed by atoms with Crippen LogP contribution in [0.15, 0.2) is 78.0 Å². The van der Waals surface area contributed by atoms with Crippen molar-refractivity contribution in [3.8, 4) is 0 Å². The minimum Gasteiger partial charge on any atom is -0.339 e. The van der Waals surface area contributed by atoms with Gasteiger partial charge in [-0.25, -0.2) is 13.4 Å². The summed E-state index contributed by atoms with van der Waals surface area (Å²) in [7, 11) is -5.46. The van der Waals surface area contributed by atoms with E-state index in [0.717, 1.165) is 23.0 Å². The van der Waals surface area contributed by atoms with E-state index in [9.17, 15) is 21.6 Å². The van der Waals surface area contributed by atoms with Crippen molar-refractivity contribution in [1.82, 2.24) is 15.0 Å². The molecule has 0 fully saturated rings. The third-order valence-electron chi connectivity index (χ3n) is 4.22. The van der Waals surface area contributed by atoms with E-state index >= 15 is 0 Å². The molecule has 0 spiro atoms. The Kier molecular flexibility index (Phi) is 5.19. The highest BCUT2D eigenvalue weighted by atomic mass is 32.2. The summed E-state index contributed by atoms with van der Waals surface area (Å²) < 4.78 is 61.6. The van der Waals surface area contributed by atoms with Gasteiger partial charge in [0, 0.05) is 17.3 Å². The molecule has 0 aliphatic heterocycles. The van der Waals surface area contributed by atoms with Gasteiger partial charge in [0.1, 0.15) is 5.82 Å². The fraction of sp³-hybridized carbons (Fsp3) is 0.0500. The second kappa shape index (κ2) is 7.84. The monoisotopic (exact) mass is 445 g/mol. The van der Waals surface area contributed by atoms with Crippen LogP contribution in [0.2, 0.25) is 0 Å². The van der Waals surface area contributed by atoms with Crippen LogP contribution < -0.4 is 10.6 Å². The third kappa shape index (κ3) is 4.40. The highest BCUT2D eigenvalue weighted by Gasteiger charge is 2.46. The predicted octanol–water partition coefficient (Wildman–Crippen LogP) is 4.81. The van der Waals surface area contributed by atoms with Crippen LogP contribution in [-0.4, -0.2) is 28.9 Å². The minimum atomic E-state index is -5.46. The maximum atomic E-state index is 12.8. The lowest BCUT2D eigenvalue weighted by Crippen LogP contribution is -2.23. The number of anilines is 4. The number of pyridine rings is 1. The number of fused-ring (bicyclic) bond motifs is 1. The van der Waals surface area contributed by atoms with Crippen molar-refractivity contribution < 1.29 is 21.6 Å². The number of nitrogens with zero attached hydrogens (tertiary/aromatic N) is 3. The number of hydrogen-bond donors (Lipinski definition) is 2. The first kappa shape index (κ1) is 20.5. The topological polar surface area (TPSA) is 96.9 Å². The van der Waals surface area contributed by atoms with Crippen molar-refractivity contribution in [3.05, 3.63) is 73.1 Å². The van der Waals surface area contributed by atoms with Crippen LogP contribution >= 0.6 is 0 Å². The second-order valence-electron chi connectivity index (χ2n) is 6.41. The Morgan fingerprint density at radius 1 is 0.839 bits per heavy atom. The summed E-state index contributed by atoms with van der Waals surface area (Å²) in [5.74, 6) is 0.481. The molecule has 2 N–H and O–H groups in total. The van der Waals surface area contributed by atoms with Gasteiger partial charge in [0.05, 0.1) is 22.3 Å². The van der Waals surface area contributed by atoms with E-state index in [1.807, 2.05) is 30.3 Å². The van der Waals surface area contributed by atoms with Crippen molar-refractivity contribution in [1.29, 1.82) is 0 Å². The fourth-order valence-electron chi connectivity index (χ4n) is 2.78. The summed E-state index contributed by atoms with van der Waals surface area (Å²) in [6.45, 7) is 0. The SMILES string of the molecule is O=S(=O)(c1cccc(Nc2nccc(Nc3cnc4ccccc4c3)n2)c1)C(F)(F)F. The number of rotatable bonds is 5. The van der Waals surface area contributed by atoms with Gasteiger partial charge in [0.25, 0.3) is 9.84 Å². The molecule has 4 aromatic rings. The third-order valence-corrected chi connectivity index (χ3v) is 5.71. The first-order chi connectivity index (χ1) is 14.7. The smallest absolute Gasteiger partial charge is 0.339 e. The molecule has 2 heterocycles. The van der Waals surface area contributed by atoms with Gasteiger partial charge in [0.15, 0.2) is 0 Å². The van der Waals surface area contributed by atoms with E-state index in [-0.39, 0.29) is 11.6 Å². The molecule has 0 radical (unpaired) electrons. The molecule has 11 heteroatoms. The van der Waals surface area contributed by atoms with Gasteiger partial charge < -0.3 is 10.6 Å². The number of benzene rings is 2. The molecule has 158 valence electrons. The number of aromatic nitrogens is 3. The van der Waals surface area contributed by atoms with E-state index in [1.54, 1.807) is 12.3 Å². The minimum absolute atomic E-state index is 0.0697. The quantitative estimate of drug-likeness (QED) is 0.455. The van der Waals surface area contributed by atoms with Crippen LogP contribution in [0.4, 0.5) is 36.3 Å². The Bertz CT molecular complexity index is 1360.